The Balaban J connectivity index is 1.74. The van der Waals surface area contributed by atoms with E-state index in [1.54, 1.807) is 6.20 Å². The van der Waals surface area contributed by atoms with E-state index in [2.05, 4.69) is 36.0 Å². The fraction of sp³-hybridized carbons (Fsp3) is 0.308. The quantitative estimate of drug-likeness (QED) is 0.640. The Morgan fingerprint density at radius 2 is 2.00 bits per heavy atom. The second-order valence-corrected chi connectivity index (χ2v) is 8.24. The number of hydrogen-bond acceptors (Lipinski definition) is 4. The van der Waals surface area contributed by atoms with Crippen LogP contribution in [0.3, 0.4) is 0 Å². The van der Waals surface area contributed by atoms with Gasteiger partial charge in [-0.3, -0.25) is 9.78 Å². The van der Waals surface area contributed by atoms with E-state index in [4.69, 9.17) is 4.74 Å². The zero-order chi connectivity index (χ0) is 22.0. The fourth-order valence-electron chi connectivity index (χ4n) is 3.91. The molecule has 2 heterocycles. The highest BCUT2D eigenvalue weighted by Gasteiger charge is 2.25. The van der Waals surface area contributed by atoms with Gasteiger partial charge in [0.1, 0.15) is 5.75 Å². The van der Waals surface area contributed by atoms with E-state index in [1.165, 1.54) is 0 Å². The lowest BCUT2D eigenvalue weighted by atomic mass is 9.99. The number of anilines is 1. The van der Waals surface area contributed by atoms with E-state index in [9.17, 15) is 4.79 Å². The molecule has 5 heteroatoms. The van der Waals surface area contributed by atoms with Gasteiger partial charge in [-0.05, 0) is 12.1 Å². The molecule has 0 fully saturated rings. The molecule has 1 amide bonds. The summed E-state index contributed by atoms with van der Waals surface area (Å²) in [5.74, 6) is 7.41. The first kappa shape index (κ1) is 20.7. The van der Waals surface area contributed by atoms with Crippen LogP contribution in [0.15, 0.2) is 48.7 Å². The number of ether oxygens (including phenoxy) is 1. The van der Waals surface area contributed by atoms with Crippen molar-refractivity contribution in [2.45, 2.75) is 26.3 Å². The van der Waals surface area contributed by atoms with E-state index in [0.717, 1.165) is 39.9 Å². The van der Waals surface area contributed by atoms with Gasteiger partial charge < -0.3 is 15.0 Å². The lowest BCUT2D eigenvalue weighted by molar-refractivity contribution is 0.0925. The van der Waals surface area contributed by atoms with Crippen LogP contribution < -0.4 is 15.0 Å². The Kier molecular flexibility index (Phi) is 5.81. The van der Waals surface area contributed by atoms with E-state index < -0.39 is 0 Å². The van der Waals surface area contributed by atoms with Gasteiger partial charge in [0, 0.05) is 43.6 Å². The summed E-state index contributed by atoms with van der Waals surface area (Å²) in [7, 11) is 3.89. The number of amides is 1. The summed E-state index contributed by atoms with van der Waals surface area (Å²) < 4.78 is 5.73. The first-order chi connectivity index (χ1) is 15.0. The minimum absolute atomic E-state index is 0.0913. The molecule has 1 unspecified atom stereocenters. The highest BCUT2D eigenvalue weighted by atomic mass is 16.5. The maximum Gasteiger partial charge on any atom is 0.255 e. The second kappa shape index (κ2) is 8.69. The Hall–Kier alpha value is -3.52. The number of carbonyl (C=O) groups is 1. The van der Waals surface area contributed by atoms with Crippen molar-refractivity contribution in [3.05, 3.63) is 65.4 Å². The number of aromatic nitrogens is 1. The Labute approximate surface area is 183 Å². The van der Waals surface area contributed by atoms with Gasteiger partial charge in [0.2, 0.25) is 0 Å². The molecule has 1 aliphatic rings. The molecule has 0 aliphatic carbocycles. The van der Waals surface area contributed by atoms with Crippen molar-refractivity contribution in [3.63, 3.8) is 0 Å². The predicted molar refractivity (Wildman–Crippen MR) is 125 cm³/mol. The molecule has 1 aromatic heterocycles. The van der Waals surface area contributed by atoms with Crippen molar-refractivity contribution in [2.24, 2.45) is 5.92 Å². The maximum absolute atomic E-state index is 13.3. The summed E-state index contributed by atoms with van der Waals surface area (Å²) in [6.45, 7) is 4.71. The smallest absolute Gasteiger partial charge is 0.255 e. The third kappa shape index (κ3) is 4.20. The second-order valence-electron chi connectivity index (χ2n) is 8.24. The fourth-order valence-corrected chi connectivity index (χ4v) is 3.91. The summed E-state index contributed by atoms with van der Waals surface area (Å²) >= 11 is 0. The lowest BCUT2D eigenvalue weighted by Crippen LogP contribution is -2.33. The topological polar surface area (TPSA) is 54.5 Å². The number of rotatable bonds is 3. The third-order valence-corrected chi connectivity index (χ3v) is 5.32. The van der Waals surface area contributed by atoms with Crippen molar-refractivity contribution in [3.8, 4) is 17.6 Å². The molecule has 0 saturated heterocycles. The molecule has 158 valence electrons. The van der Waals surface area contributed by atoms with Crippen LogP contribution in [0, 0.1) is 17.8 Å². The summed E-state index contributed by atoms with van der Waals surface area (Å²) in [4.78, 5) is 20.0. The van der Waals surface area contributed by atoms with Crippen molar-refractivity contribution < 1.29 is 9.53 Å². The van der Waals surface area contributed by atoms with Crippen LogP contribution in [0.1, 0.15) is 47.8 Å². The molecule has 4 rings (SSSR count). The zero-order valence-corrected chi connectivity index (χ0v) is 18.4. The number of hydrogen-bond donors (Lipinski definition) is 1. The van der Waals surface area contributed by atoms with Crippen molar-refractivity contribution in [1.82, 2.24) is 10.3 Å². The highest BCUT2D eigenvalue weighted by Crippen LogP contribution is 2.33. The normalized spacial score (nSPS) is 14.9. The third-order valence-electron chi connectivity index (χ3n) is 5.32. The lowest BCUT2D eigenvalue weighted by Gasteiger charge is -2.27. The standard InChI is InChI=1S/C26H27N3O2/c1-17(2)12-13-18-8-7-10-20-24(18)27-16-21(25(20)29(3)4)26(30)28-22-14-15-31-23-11-6-5-9-19(22)23/h5-11,16-17,22H,14-15H2,1-4H3,(H,28,30). The summed E-state index contributed by atoms with van der Waals surface area (Å²) in [5, 5.41) is 4.11. The molecule has 0 radical (unpaired) electrons. The van der Waals surface area contributed by atoms with Crippen LogP contribution in [0.4, 0.5) is 5.69 Å². The van der Waals surface area contributed by atoms with E-state index >= 15 is 0 Å². The van der Waals surface area contributed by atoms with Gasteiger partial charge >= 0.3 is 0 Å². The molecule has 0 spiro atoms. The molecule has 31 heavy (non-hydrogen) atoms. The van der Waals surface area contributed by atoms with Gasteiger partial charge in [-0.15, -0.1) is 0 Å². The molecular weight excluding hydrogens is 386 g/mol. The molecule has 0 saturated carbocycles. The Bertz CT molecular complexity index is 1190. The van der Waals surface area contributed by atoms with Gasteiger partial charge in [-0.25, -0.2) is 0 Å². The number of para-hydroxylation sites is 2. The Morgan fingerprint density at radius 3 is 2.77 bits per heavy atom. The SMILES string of the molecule is CC(C)C#Cc1cccc2c(N(C)C)c(C(=O)NC3CCOc4ccccc43)cnc12. The van der Waals surface area contributed by atoms with Crippen LogP contribution >= 0.6 is 0 Å². The van der Waals surface area contributed by atoms with Gasteiger partial charge in [0.15, 0.2) is 0 Å². The van der Waals surface area contributed by atoms with E-state index in [1.807, 2.05) is 61.5 Å². The molecular formula is C26H27N3O2. The van der Waals surface area contributed by atoms with Gasteiger partial charge in [0.05, 0.1) is 35.0 Å². The van der Waals surface area contributed by atoms with Crippen LogP contribution in [-0.2, 0) is 0 Å². The number of carbonyl (C=O) groups excluding carboxylic acids is 1. The van der Waals surface area contributed by atoms with Crippen LogP contribution in [0.25, 0.3) is 10.9 Å². The molecule has 2 aromatic carbocycles. The molecule has 0 bridgehead atoms. The summed E-state index contributed by atoms with van der Waals surface area (Å²) in [5.41, 5.74) is 4.09. The highest BCUT2D eigenvalue weighted by molar-refractivity contribution is 6.08. The minimum Gasteiger partial charge on any atom is -0.493 e. The van der Waals surface area contributed by atoms with Crippen molar-refractivity contribution >= 4 is 22.5 Å². The minimum atomic E-state index is -0.140. The zero-order valence-electron chi connectivity index (χ0n) is 18.4. The summed E-state index contributed by atoms with van der Waals surface area (Å²) in [6, 6.07) is 13.7. The monoisotopic (exact) mass is 413 g/mol. The molecule has 3 aromatic rings. The summed E-state index contributed by atoms with van der Waals surface area (Å²) in [6.07, 6.45) is 2.40. The molecule has 1 aliphatic heterocycles. The van der Waals surface area contributed by atoms with Crippen molar-refractivity contribution in [2.75, 3.05) is 25.6 Å². The van der Waals surface area contributed by atoms with Crippen molar-refractivity contribution in [1.29, 1.82) is 0 Å². The average Bonchev–Trinajstić information content (AvgIpc) is 2.76. The largest absolute Gasteiger partial charge is 0.493 e. The molecule has 1 atom stereocenters. The maximum atomic E-state index is 13.3. The number of fused-ring (bicyclic) bond motifs is 2. The number of pyridine rings is 1. The predicted octanol–water partition coefficient (Wildman–Crippen LogP) is 4.56. The number of benzene rings is 2. The van der Waals surface area contributed by atoms with Gasteiger partial charge in [-0.1, -0.05) is 56.0 Å². The van der Waals surface area contributed by atoms with Crippen LogP contribution in [0.2, 0.25) is 0 Å². The molecule has 1 N–H and O–H groups in total. The van der Waals surface area contributed by atoms with Gasteiger partial charge in [0.25, 0.3) is 5.91 Å². The van der Waals surface area contributed by atoms with Crippen LogP contribution in [-0.4, -0.2) is 31.6 Å². The first-order valence-corrected chi connectivity index (χ1v) is 10.6. The average molecular weight is 414 g/mol. The first-order valence-electron chi connectivity index (χ1n) is 10.6. The van der Waals surface area contributed by atoms with E-state index in [-0.39, 0.29) is 17.9 Å². The Morgan fingerprint density at radius 1 is 1.19 bits per heavy atom. The van der Waals surface area contributed by atoms with Gasteiger partial charge in [-0.2, -0.15) is 0 Å². The van der Waals surface area contributed by atoms with E-state index in [0.29, 0.717) is 12.2 Å². The van der Waals surface area contributed by atoms with Crippen LogP contribution in [0.5, 0.6) is 5.75 Å². The number of nitrogens with one attached hydrogen (secondary N) is 1. The molecule has 5 nitrogen and oxygen atoms in total. The number of nitrogens with zero attached hydrogens (tertiary/aromatic N) is 2.